The van der Waals surface area contributed by atoms with Crippen LogP contribution < -0.4 is 0 Å². The highest BCUT2D eigenvalue weighted by molar-refractivity contribution is 5.91. The van der Waals surface area contributed by atoms with Gasteiger partial charge in [0.25, 0.3) is 0 Å². The van der Waals surface area contributed by atoms with Crippen molar-refractivity contribution in [2.45, 2.75) is 6.92 Å². The zero-order valence-electron chi connectivity index (χ0n) is 11.6. The third kappa shape index (κ3) is 6.10. The molecule has 0 aliphatic rings. The van der Waals surface area contributed by atoms with Crippen LogP contribution in [-0.4, -0.2) is 25.5 Å². The molecule has 1 aromatic rings. The lowest BCUT2D eigenvalue weighted by molar-refractivity contribution is -0.191. The van der Waals surface area contributed by atoms with Crippen molar-refractivity contribution in [1.29, 1.82) is 0 Å². The molecule has 0 saturated carbocycles. The summed E-state index contributed by atoms with van der Waals surface area (Å²) in [5.41, 5.74) is 0.905. The van der Waals surface area contributed by atoms with E-state index in [1.54, 1.807) is 19.1 Å². The van der Waals surface area contributed by atoms with E-state index in [4.69, 9.17) is 11.0 Å². The van der Waals surface area contributed by atoms with Gasteiger partial charge in [-0.15, -0.1) is 0 Å². The molecule has 19 heavy (non-hydrogen) atoms. The lowest BCUT2D eigenvalue weighted by Gasteiger charge is -2.08. The molecule has 100 valence electrons. The maximum Gasteiger partial charge on any atom is 0.373 e. The second-order valence-corrected chi connectivity index (χ2v) is 3.44. The Balaban J connectivity index is 0.00000110. The Kier molecular flexibility index (Phi) is 7.27. The molecule has 0 saturated heterocycles. The van der Waals surface area contributed by atoms with Crippen molar-refractivity contribution >= 4 is 24.5 Å². The Morgan fingerprint density at radius 2 is 1.89 bits per heavy atom. The van der Waals surface area contributed by atoms with Crippen LogP contribution in [0.1, 0.15) is 13.9 Å². The minimum atomic E-state index is -0.869. The quantitative estimate of drug-likeness (QED) is 0.467. The van der Waals surface area contributed by atoms with Crippen LogP contribution in [-0.2, 0) is 23.9 Å². The van der Waals surface area contributed by atoms with E-state index in [0.717, 1.165) is 5.56 Å². The maximum atomic E-state index is 11.3. The molecular formula is C14H14O5. The minimum absolute atomic E-state index is 0.128. The van der Waals surface area contributed by atoms with Gasteiger partial charge in [0.1, 0.15) is 7.63 Å². The molecule has 0 aliphatic carbocycles. The van der Waals surface area contributed by atoms with Crippen molar-refractivity contribution in [2.75, 3.05) is 7.11 Å². The number of rotatable bonds is 4. The molecule has 1 rings (SSSR count). The van der Waals surface area contributed by atoms with Gasteiger partial charge >= 0.3 is 12.1 Å². The third-order valence-corrected chi connectivity index (χ3v) is 2.26. The van der Waals surface area contributed by atoms with E-state index < -0.39 is 18.1 Å². The fourth-order valence-corrected chi connectivity index (χ4v) is 1.28. The Labute approximate surface area is 112 Å². The number of carbonyl (C=O) groups excluding carboxylic acids is 4. The number of aldehydes is 1. The predicted octanol–water partition coefficient (Wildman–Crippen LogP) is 1.49. The molecule has 0 radical (unpaired) electrons. The van der Waals surface area contributed by atoms with Crippen LogP contribution in [0, 0.1) is 5.92 Å². The van der Waals surface area contributed by atoms with Gasteiger partial charge in [0.05, 0.1) is 13.0 Å². The van der Waals surface area contributed by atoms with Crippen LogP contribution in [0.3, 0.4) is 0 Å². The average molecular weight is 263 g/mol. The number of esters is 1. The van der Waals surface area contributed by atoms with Gasteiger partial charge in [0.15, 0.2) is 0 Å². The third-order valence-electron chi connectivity index (χ3n) is 2.26. The van der Waals surface area contributed by atoms with Crippen LogP contribution in [0.4, 0.5) is 0 Å². The largest absolute Gasteiger partial charge is 0.469 e. The van der Waals surface area contributed by atoms with Crippen LogP contribution in [0.25, 0.3) is 6.08 Å². The highest BCUT2D eigenvalue weighted by Crippen LogP contribution is 2.14. The summed E-state index contributed by atoms with van der Waals surface area (Å²) >= 11 is 0. The van der Waals surface area contributed by atoms with E-state index in [9.17, 15) is 9.59 Å². The van der Waals surface area contributed by atoms with Gasteiger partial charge in [-0.1, -0.05) is 30.3 Å². The van der Waals surface area contributed by atoms with E-state index in [1.165, 1.54) is 13.2 Å². The topological polar surface area (TPSA) is 77.5 Å². The summed E-state index contributed by atoms with van der Waals surface area (Å²) in [7, 11) is 1.26. The normalized spacial score (nSPS) is 12.1. The maximum absolute atomic E-state index is 11.3. The monoisotopic (exact) mass is 263 g/mol. The van der Waals surface area contributed by atoms with Gasteiger partial charge in [-0.05, 0) is 18.6 Å². The van der Waals surface area contributed by atoms with Crippen molar-refractivity contribution in [3.05, 3.63) is 41.5 Å². The second-order valence-electron chi connectivity index (χ2n) is 3.44. The second kappa shape index (κ2) is 9.50. The highest BCUT2D eigenvalue weighted by Gasteiger charge is 2.17. The fraction of sp³-hybridized carbons (Fsp3) is 0.214. The average Bonchev–Trinajstić information content (AvgIpc) is 2.45. The summed E-state index contributed by atoms with van der Waals surface area (Å²) in [6.45, 7) is 1.55. The van der Waals surface area contributed by atoms with Gasteiger partial charge in [0, 0.05) is 5.57 Å². The zero-order chi connectivity index (χ0) is 15.5. The van der Waals surface area contributed by atoms with Crippen LogP contribution in [0.15, 0.2) is 35.9 Å². The standard InChI is InChI=1S/C13H14O3.CO2/c1-10(13(15)16-2)12(9-14)8-11-6-4-3-5-7-11;2-1-3/h3-10H,1-2H3;/b12-8-;/i9D;. The highest BCUT2D eigenvalue weighted by atomic mass is 16.5. The van der Waals surface area contributed by atoms with E-state index >= 15 is 0 Å². The molecule has 1 unspecified atom stereocenters. The molecule has 0 N–H and O–H groups in total. The Morgan fingerprint density at radius 3 is 2.32 bits per heavy atom. The molecule has 0 aromatic heterocycles. The van der Waals surface area contributed by atoms with Gasteiger partial charge in [-0.2, -0.15) is 9.59 Å². The molecule has 0 amide bonds. The van der Waals surface area contributed by atoms with E-state index in [0.29, 0.717) is 0 Å². The molecule has 0 aliphatic heterocycles. The van der Waals surface area contributed by atoms with Crippen molar-refractivity contribution < 1.29 is 25.3 Å². The van der Waals surface area contributed by atoms with Crippen LogP contribution in [0.2, 0.25) is 0 Å². The smallest absolute Gasteiger partial charge is 0.373 e. The lowest BCUT2D eigenvalue weighted by Crippen LogP contribution is -2.15. The summed E-state index contributed by atoms with van der Waals surface area (Å²) in [6, 6.07) is 9.09. The van der Waals surface area contributed by atoms with Gasteiger partial charge in [0.2, 0.25) is 0 Å². The summed E-state index contributed by atoms with van der Waals surface area (Å²) in [4.78, 5) is 38.8. The molecule has 1 aromatic carbocycles. The van der Waals surface area contributed by atoms with Crippen molar-refractivity contribution in [1.82, 2.24) is 0 Å². The van der Waals surface area contributed by atoms with Crippen molar-refractivity contribution in [2.24, 2.45) is 5.92 Å². The Bertz CT molecular complexity index is 516. The molecule has 0 spiro atoms. The summed E-state index contributed by atoms with van der Waals surface area (Å²) in [5.74, 6) is -1.25. The van der Waals surface area contributed by atoms with Crippen molar-refractivity contribution in [3.63, 3.8) is 0 Å². The molecule has 1 atom stereocenters. The van der Waals surface area contributed by atoms with Crippen LogP contribution in [0.5, 0.6) is 0 Å². The van der Waals surface area contributed by atoms with Gasteiger partial charge in [-0.25, -0.2) is 0 Å². The predicted molar refractivity (Wildman–Crippen MR) is 66.7 cm³/mol. The Hall–Kier alpha value is -2.52. The number of hydrogen-bond donors (Lipinski definition) is 0. The minimum Gasteiger partial charge on any atom is -0.469 e. The van der Waals surface area contributed by atoms with E-state index in [-0.39, 0.29) is 11.7 Å². The van der Waals surface area contributed by atoms with Gasteiger partial charge < -0.3 is 4.74 Å². The van der Waals surface area contributed by atoms with Crippen LogP contribution >= 0.6 is 0 Å². The molecular weight excluding hydrogens is 248 g/mol. The summed E-state index contributed by atoms with van der Waals surface area (Å²) in [6.07, 6.45) is 0.920. The molecule has 0 heterocycles. The van der Waals surface area contributed by atoms with Gasteiger partial charge in [-0.3, -0.25) is 9.59 Å². The fourth-order valence-electron chi connectivity index (χ4n) is 1.28. The first-order valence-electron chi connectivity index (χ1n) is 5.82. The number of methoxy groups -OCH3 is 1. The SMILES string of the molecule is O=C=O.[2H]C(=O)/C(=C/c1ccccc1)C(C)C(=O)OC. The molecule has 0 fully saturated rings. The first-order chi connectivity index (χ1) is 9.47. The van der Waals surface area contributed by atoms with E-state index in [2.05, 4.69) is 4.74 Å². The number of carbonyl (C=O) groups is 2. The molecule has 0 bridgehead atoms. The zero-order valence-corrected chi connectivity index (χ0v) is 10.6. The first-order valence-corrected chi connectivity index (χ1v) is 5.32. The number of hydrogen-bond acceptors (Lipinski definition) is 5. The number of ether oxygens (including phenoxy) is 1. The van der Waals surface area contributed by atoms with E-state index in [1.807, 2.05) is 18.2 Å². The van der Waals surface area contributed by atoms with Crippen molar-refractivity contribution in [3.8, 4) is 0 Å². The summed E-state index contributed by atoms with van der Waals surface area (Å²) < 4.78 is 11.7. The first kappa shape index (κ1) is 14.5. The molecule has 5 nitrogen and oxygen atoms in total. The number of benzene rings is 1. The molecule has 5 heteroatoms. The summed E-state index contributed by atoms with van der Waals surface area (Å²) in [5, 5.41) is 0. The lowest BCUT2D eigenvalue weighted by atomic mass is 10.00. The Morgan fingerprint density at radius 1 is 1.37 bits per heavy atom.